The van der Waals surface area contributed by atoms with E-state index in [0.717, 1.165) is 19.6 Å². The second kappa shape index (κ2) is 7.14. The van der Waals surface area contributed by atoms with Gasteiger partial charge >= 0.3 is 0 Å². The van der Waals surface area contributed by atoms with E-state index in [1.54, 1.807) is 4.90 Å². The van der Waals surface area contributed by atoms with E-state index in [1.807, 2.05) is 21.0 Å². The number of rotatable bonds is 8. The first-order chi connectivity index (χ1) is 6.56. The van der Waals surface area contributed by atoms with Gasteiger partial charge in [-0.15, -0.1) is 0 Å². The van der Waals surface area contributed by atoms with Crippen LogP contribution in [0.15, 0.2) is 0 Å². The molecule has 86 valence electrons. The third-order valence-electron chi connectivity index (χ3n) is 2.26. The standard InChI is InChI=1S/C9H24N4O/c1-4-9(14,13(2)3)12-8-7-11-6-5-10/h11-12,14H,4-8,10H2,1-3H3. The first kappa shape index (κ1) is 13.8. The lowest BCUT2D eigenvalue weighted by Crippen LogP contribution is -2.57. The van der Waals surface area contributed by atoms with Crippen molar-refractivity contribution in [2.75, 3.05) is 40.3 Å². The minimum Gasteiger partial charge on any atom is -0.363 e. The molecule has 0 aliphatic carbocycles. The Kier molecular flexibility index (Phi) is 7.04. The maximum Gasteiger partial charge on any atom is 0.173 e. The molecule has 0 spiro atoms. The summed E-state index contributed by atoms with van der Waals surface area (Å²) in [5.74, 6) is -0.898. The van der Waals surface area contributed by atoms with E-state index in [9.17, 15) is 5.11 Å². The number of nitrogens with two attached hydrogens (primary N) is 1. The fourth-order valence-electron chi connectivity index (χ4n) is 1.18. The van der Waals surface area contributed by atoms with E-state index in [2.05, 4.69) is 10.6 Å². The lowest BCUT2D eigenvalue weighted by molar-refractivity contribution is -0.112. The number of aliphatic hydroxyl groups is 1. The molecular formula is C9H24N4O. The van der Waals surface area contributed by atoms with Crippen LogP contribution in [0.1, 0.15) is 13.3 Å². The van der Waals surface area contributed by atoms with Crippen LogP contribution in [0.3, 0.4) is 0 Å². The zero-order valence-corrected chi connectivity index (χ0v) is 9.51. The van der Waals surface area contributed by atoms with Crippen molar-refractivity contribution in [1.29, 1.82) is 0 Å². The van der Waals surface area contributed by atoms with Gasteiger partial charge in [0.25, 0.3) is 0 Å². The molecule has 0 bridgehead atoms. The monoisotopic (exact) mass is 204 g/mol. The van der Waals surface area contributed by atoms with Crippen LogP contribution < -0.4 is 16.4 Å². The molecule has 0 saturated carbocycles. The van der Waals surface area contributed by atoms with Crippen molar-refractivity contribution in [1.82, 2.24) is 15.5 Å². The molecule has 0 aromatic rings. The third kappa shape index (κ3) is 4.88. The fraction of sp³-hybridized carbons (Fsp3) is 1.00. The summed E-state index contributed by atoms with van der Waals surface area (Å²) in [6.07, 6.45) is 0.650. The van der Waals surface area contributed by atoms with Crippen LogP contribution in [0.25, 0.3) is 0 Å². The molecule has 5 N–H and O–H groups in total. The molecule has 0 rings (SSSR count). The van der Waals surface area contributed by atoms with Crippen LogP contribution in [0.5, 0.6) is 0 Å². The topological polar surface area (TPSA) is 73.5 Å². The van der Waals surface area contributed by atoms with Crippen molar-refractivity contribution in [3.63, 3.8) is 0 Å². The predicted molar refractivity (Wildman–Crippen MR) is 58.9 cm³/mol. The molecule has 0 aromatic carbocycles. The molecule has 5 nitrogen and oxygen atoms in total. The normalized spacial score (nSPS) is 15.9. The summed E-state index contributed by atoms with van der Waals surface area (Å²) in [4.78, 5) is 1.77. The third-order valence-corrected chi connectivity index (χ3v) is 2.26. The zero-order chi connectivity index (χ0) is 11.0. The highest BCUT2D eigenvalue weighted by atomic mass is 16.3. The van der Waals surface area contributed by atoms with Crippen molar-refractivity contribution in [3.05, 3.63) is 0 Å². The molecule has 14 heavy (non-hydrogen) atoms. The summed E-state index contributed by atoms with van der Waals surface area (Å²) < 4.78 is 0. The van der Waals surface area contributed by atoms with Gasteiger partial charge in [0.2, 0.25) is 0 Å². The first-order valence-corrected chi connectivity index (χ1v) is 5.12. The van der Waals surface area contributed by atoms with Crippen LogP contribution in [-0.4, -0.2) is 56.1 Å². The van der Waals surface area contributed by atoms with Crippen molar-refractivity contribution < 1.29 is 5.11 Å². The minimum atomic E-state index is -0.898. The van der Waals surface area contributed by atoms with Crippen molar-refractivity contribution in [2.45, 2.75) is 19.2 Å². The summed E-state index contributed by atoms with van der Waals surface area (Å²) in [6.45, 7) is 4.94. The maximum atomic E-state index is 10.0. The van der Waals surface area contributed by atoms with Crippen LogP contribution in [0, 0.1) is 0 Å². The van der Waals surface area contributed by atoms with E-state index in [4.69, 9.17) is 5.73 Å². The smallest absolute Gasteiger partial charge is 0.173 e. The van der Waals surface area contributed by atoms with Gasteiger partial charge in [0.15, 0.2) is 5.85 Å². The van der Waals surface area contributed by atoms with Gasteiger partial charge in [-0.25, -0.2) is 0 Å². The highest BCUT2D eigenvalue weighted by Crippen LogP contribution is 2.07. The molecule has 0 radical (unpaired) electrons. The number of hydrogen-bond acceptors (Lipinski definition) is 5. The van der Waals surface area contributed by atoms with Gasteiger partial charge in [0, 0.05) is 32.6 Å². The van der Waals surface area contributed by atoms with Gasteiger partial charge in [-0.2, -0.15) is 0 Å². The van der Waals surface area contributed by atoms with E-state index in [1.165, 1.54) is 0 Å². The van der Waals surface area contributed by atoms with Crippen molar-refractivity contribution in [3.8, 4) is 0 Å². The average Bonchev–Trinajstić information content (AvgIpc) is 2.17. The quantitative estimate of drug-likeness (QED) is 0.293. The lowest BCUT2D eigenvalue weighted by Gasteiger charge is -2.34. The minimum absolute atomic E-state index is 0.645. The second-order valence-corrected chi connectivity index (χ2v) is 3.53. The van der Waals surface area contributed by atoms with E-state index in [0.29, 0.717) is 13.0 Å². The van der Waals surface area contributed by atoms with E-state index < -0.39 is 5.85 Å². The average molecular weight is 204 g/mol. The van der Waals surface area contributed by atoms with Gasteiger partial charge in [-0.1, -0.05) is 6.92 Å². The Hall–Kier alpha value is -0.200. The summed E-state index contributed by atoms with van der Waals surface area (Å²) in [6, 6.07) is 0. The molecule has 0 fully saturated rings. The highest BCUT2D eigenvalue weighted by molar-refractivity contribution is 4.70. The van der Waals surface area contributed by atoms with Gasteiger partial charge in [0.05, 0.1) is 0 Å². The molecule has 1 atom stereocenters. The molecule has 0 amide bonds. The van der Waals surface area contributed by atoms with Crippen molar-refractivity contribution >= 4 is 0 Å². The Morgan fingerprint density at radius 1 is 1.29 bits per heavy atom. The van der Waals surface area contributed by atoms with E-state index in [-0.39, 0.29) is 0 Å². The molecule has 0 heterocycles. The summed E-state index contributed by atoms with van der Waals surface area (Å²) >= 11 is 0. The number of nitrogens with zero attached hydrogens (tertiary/aromatic N) is 1. The van der Waals surface area contributed by atoms with Crippen molar-refractivity contribution in [2.24, 2.45) is 5.73 Å². The second-order valence-electron chi connectivity index (χ2n) is 3.53. The number of nitrogens with one attached hydrogen (secondary N) is 2. The van der Waals surface area contributed by atoms with Crippen LogP contribution in [-0.2, 0) is 0 Å². The predicted octanol–water partition coefficient (Wildman–Crippen LogP) is -1.26. The Balaban J connectivity index is 3.63. The summed E-state index contributed by atoms with van der Waals surface area (Å²) in [5.41, 5.74) is 5.33. The molecule has 5 heteroatoms. The SMILES string of the molecule is CCC(O)(NCCNCCN)N(C)C. The Bertz CT molecular complexity index is 143. The lowest BCUT2D eigenvalue weighted by atomic mass is 10.3. The molecule has 1 unspecified atom stereocenters. The Morgan fingerprint density at radius 3 is 2.36 bits per heavy atom. The van der Waals surface area contributed by atoms with Crippen LogP contribution in [0.4, 0.5) is 0 Å². The summed E-state index contributed by atoms with van der Waals surface area (Å²) in [5, 5.41) is 16.3. The Labute approximate surface area is 86.7 Å². The van der Waals surface area contributed by atoms with Gasteiger partial charge < -0.3 is 16.2 Å². The van der Waals surface area contributed by atoms with Crippen LogP contribution >= 0.6 is 0 Å². The molecule has 0 aliphatic rings. The number of hydrogen-bond donors (Lipinski definition) is 4. The first-order valence-electron chi connectivity index (χ1n) is 5.12. The molecule has 0 saturated heterocycles. The summed E-state index contributed by atoms with van der Waals surface area (Å²) in [7, 11) is 3.70. The van der Waals surface area contributed by atoms with Crippen LogP contribution in [0.2, 0.25) is 0 Å². The van der Waals surface area contributed by atoms with Gasteiger partial charge in [-0.05, 0) is 14.1 Å². The highest BCUT2D eigenvalue weighted by Gasteiger charge is 2.25. The molecular weight excluding hydrogens is 180 g/mol. The Morgan fingerprint density at radius 2 is 1.93 bits per heavy atom. The zero-order valence-electron chi connectivity index (χ0n) is 9.51. The largest absolute Gasteiger partial charge is 0.363 e. The maximum absolute atomic E-state index is 10.0. The van der Waals surface area contributed by atoms with Gasteiger partial charge in [0.1, 0.15) is 0 Å². The fourth-order valence-corrected chi connectivity index (χ4v) is 1.18. The van der Waals surface area contributed by atoms with Gasteiger partial charge in [-0.3, -0.25) is 10.2 Å². The molecule has 0 aliphatic heterocycles. The van der Waals surface area contributed by atoms with E-state index >= 15 is 0 Å². The molecule has 0 aromatic heterocycles.